The van der Waals surface area contributed by atoms with Crippen molar-refractivity contribution in [1.82, 2.24) is 0 Å². The Morgan fingerprint density at radius 2 is 2.00 bits per heavy atom. The van der Waals surface area contributed by atoms with Gasteiger partial charge in [-0.3, -0.25) is 0 Å². The molecule has 2 aliphatic rings. The second kappa shape index (κ2) is 3.73. The largest absolute Gasteiger partial charge is 0.458 e. The molecule has 2 aliphatic carbocycles. The summed E-state index contributed by atoms with van der Waals surface area (Å²) in [6.45, 7) is 8.72. The lowest BCUT2D eigenvalue weighted by Crippen LogP contribution is -2.51. The molecular weight excluding hydrogens is 260 g/mol. The molecule has 0 saturated heterocycles. The third kappa shape index (κ3) is 1.37. The molecule has 0 aliphatic heterocycles. The molecule has 1 heterocycles. The Kier molecular flexibility index (Phi) is 2.38. The number of furan rings is 1. The second-order valence-corrected chi connectivity index (χ2v) is 8.04. The molecule has 2 fully saturated rings. The molecule has 4 rings (SSSR count). The molecular formula is C19H24O2. The van der Waals surface area contributed by atoms with Crippen molar-refractivity contribution in [2.24, 2.45) is 16.7 Å². The van der Waals surface area contributed by atoms with Gasteiger partial charge in [-0.1, -0.05) is 39.0 Å². The van der Waals surface area contributed by atoms with Gasteiger partial charge in [-0.25, -0.2) is 0 Å². The van der Waals surface area contributed by atoms with Gasteiger partial charge in [0.15, 0.2) is 0 Å². The summed E-state index contributed by atoms with van der Waals surface area (Å²) >= 11 is 0. The lowest BCUT2D eigenvalue weighted by molar-refractivity contribution is -0.162. The van der Waals surface area contributed by atoms with Crippen molar-refractivity contribution in [3.8, 4) is 0 Å². The number of aryl methyl sites for hydroxylation is 1. The van der Waals surface area contributed by atoms with Crippen molar-refractivity contribution in [2.45, 2.75) is 52.6 Å². The van der Waals surface area contributed by atoms with Crippen LogP contribution in [0.3, 0.4) is 0 Å². The standard InChI is InChI=1S/C19H24O2/c1-12-6-5-7-13-10-15(21-16(12)13)19(20)17(2,3)14-8-9-18(19,4)11-14/h5-7,10,14,20H,8-9,11H2,1-4H3. The van der Waals surface area contributed by atoms with Crippen molar-refractivity contribution >= 4 is 11.0 Å². The van der Waals surface area contributed by atoms with Crippen LogP contribution in [0.1, 0.15) is 51.4 Å². The van der Waals surface area contributed by atoms with Crippen molar-refractivity contribution in [3.05, 3.63) is 35.6 Å². The van der Waals surface area contributed by atoms with E-state index >= 15 is 0 Å². The van der Waals surface area contributed by atoms with Crippen LogP contribution >= 0.6 is 0 Å². The molecule has 3 atom stereocenters. The summed E-state index contributed by atoms with van der Waals surface area (Å²) in [5, 5.41) is 12.8. The van der Waals surface area contributed by atoms with Crippen LogP contribution in [0.4, 0.5) is 0 Å². The fourth-order valence-electron chi connectivity index (χ4n) is 5.26. The molecule has 21 heavy (non-hydrogen) atoms. The predicted octanol–water partition coefficient (Wildman–Crippen LogP) is 4.78. The SMILES string of the molecule is Cc1cccc2cc(C3(O)C4(C)CCC(C4)C3(C)C)oc12. The number of hydrogen-bond donors (Lipinski definition) is 1. The molecule has 2 saturated carbocycles. The van der Waals surface area contributed by atoms with Crippen LogP contribution in [0.25, 0.3) is 11.0 Å². The first-order valence-electron chi connectivity index (χ1n) is 8.02. The van der Waals surface area contributed by atoms with Crippen LogP contribution in [0.5, 0.6) is 0 Å². The first-order chi connectivity index (χ1) is 9.79. The van der Waals surface area contributed by atoms with E-state index in [0.717, 1.165) is 35.1 Å². The second-order valence-electron chi connectivity index (χ2n) is 8.04. The molecule has 2 heteroatoms. The summed E-state index contributed by atoms with van der Waals surface area (Å²) in [4.78, 5) is 0. The Labute approximate surface area is 126 Å². The fraction of sp³-hybridized carbons (Fsp3) is 0.579. The molecule has 1 aromatic carbocycles. The van der Waals surface area contributed by atoms with E-state index in [1.807, 2.05) is 0 Å². The Morgan fingerprint density at radius 3 is 2.62 bits per heavy atom. The van der Waals surface area contributed by atoms with Crippen LogP contribution in [0.15, 0.2) is 28.7 Å². The third-order valence-corrected chi connectivity index (χ3v) is 6.67. The van der Waals surface area contributed by atoms with Crippen molar-refractivity contribution in [3.63, 3.8) is 0 Å². The first kappa shape index (κ1) is 13.4. The quantitative estimate of drug-likeness (QED) is 0.818. The van der Waals surface area contributed by atoms with Crippen LogP contribution in [-0.4, -0.2) is 5.11 Å². The van der Waals surface area contributed by atoms with Crippen LogP contribution in [-0.2, 0) is 5.60 Å². The highest BCUT2D eigenvalue weighted by Gasteiger charge is 2.70. The summed E-state index contributed by atoms with van der Waals surface area (Å²) in [6.07, 6.45) is 3.42. The highest BCUT2D eigenvalue weighted by molar-refractivity contribution is 5.81. The molecule has 0 amide bonds. The number of fused-ring (bicyclic) bond motifs is 3. The maximum atomic E-state index is 11.7. The zero-order valence-corrected chi connectivity index (χ0v) is 13.4. The Balaban J connectivity index is 1.96. The Bertz CT molecular complexity index is 719. The summed E-state index contributed by atoms with van der Waals surface area (Å²) in [7, 11) is 0. The maximum Gasteiger partial charge on any atom is 0.138 e. The van der Waals surface area contributed by atoms with E-state index in [2.05, 4.69) is 52.0 Å². The van der Waals surface area contributed by atoms with Crippen molar-refractivity contribution in [2.75, 3.05) is 0 Å². The summed E-state index contributed by atoms with van der Waals surface area (Å²) in [6, 6.07) is 8.25. The zero-order valence-electron chi connectivity index (χ0n) is 13.4. The maximum absolute atomic E-state index is 11.7. The fourth-order valence-corrected chi connectivity index (χ4v) is 5.26. The van der Waals surface area contributed by atoms with Gasteiger partial charge in [0.25, 0.3) is 0 Å². The Hall–Kier alpha value is -1.28. The average Bonchev–Trinajstić information content (AvgIpc) is 3.05. The van der Waals surface area contributed by atoms with E-state index < -0.39 is 5.60 Å². The van der Waals surface area contributed by atoms with Gasteiger partial charge < -0.3 is 9.52 Å². The molecule has 0 radical (unpaired) electrons. The van der Waals surface area contributed by atoms with E-state index in [0.29, 0.717) is 5.92 Å². The number of hydrogen-bond acceptors (Lipinski definition) is 2. The molecule has 1 N–H and O–H groups in total. The molecule has 112 valence electrons. The van der Waals surface area contributed by atoms with Gasteiger partial charge in [-0.15, -0.1) is 0 Å². The van der Waals surface area contributed by atoms with Crippen molar-refractivity contribution in [1.29, 1.82) is 0 Å². The highest BCUT2D eigenvalue weighted by Crippen LogP contribution is 2.71. The monoisotopic (exact) mass is 284 g/mol. The minimum absolute atomic E-state index is 0.0665. The normalized spacial score (nSPS) is 37.5. The lowest BCUT2D eigenvalue weighted by Gasteiger charge is -2.49. The van der Waals surface area contributed by atoms with Gasteiger partial charge in [0.2, 0.25) is 0 Å². The smallest absolute Gasteiger partial charge is 0.138 e. The van der Waals surface area contributed by atoms with E-state index in [-0.39, 0.29) is 10.8 Å². The van der Waals surface area contributed by atoms with Gasteiger partial charge in [-0.05, 0) is 43.7 Å². The minimum Gasteiger partial charge on any atom is -0.458 e. The number of aliphatic hydroxyl groups is 1. The number of benzene rings is 1. The minimum atomic E-state index is -0.867. The average molecular weight is 284 g/mol. The zero-order chi connectivity index (χ0) is 15.0. The molecule has 2 bridgehead atoms. The van der Waals surface area contributed by atoms with E-state index in [4.69, 9.17) is 4.42 Å². The van der Waals surface area contributed by atoms with Gasteiger partial charge in [0.1, 0.15) is 16.9 Å². The third-order valence-electron chi connectivity index (χ3n) is 6.67. The molecule has 0 spiro atoms. The molecule has 2 nitrogen and oxygen atoms in total. The van der Waals surface area contributed by atoms with E-state index in [9.17, 15) is 5.11 Å². The first-order valence-corrected chi connectivity index (χ1v) is 8.02. The van der Waals surface area contributed by atoms with Gasteiger partial charge in [0.05, 0.1) is 0 Å². The van der Waals surface area contributed by atoms with Gasteiger partial charge in [0, 0.05) is 16.2 Å². The summed E-state index contributed by atoms with van der Waals surface area (Å²) < 4.78 is 6.19. The van der Waals surface area contributed by atoms with Crippen LogP contribution in [0.2, 0.25) is 0 Å². The lowest BCUT2D eigenvalue weighted by atomic mass is 9.59. The predicted molar refractivity (Wildman–Crippen MR) is 84.1 cm³/mol. The van der Waals surface area contributed by atoms with Gasteiger partial charge >= 0.3 is 0 Å². The van der Waals surface area contributed by atoms with Crippen LogP contribution in [0, 0.1) is 23.7 Å². The summed E-state index contributed by atoms with van der Waals surface area (Å²) in [5.74, 6) is 1.35. The summed E-state index contributed by atoms with van der Waals surface area (Å²) in [5.41, 5.74) is 0.982. The number of para-hydroxylation sites is 1. The number of rotatable bonds is 1. The van der Waals surface area contributed by atoms with Gasteiger partial charge in [-0.2, -0.15) is 0 Å². The van der Waals surface area contributed by atoms with Crippen molar-refractivity contribution < 1.29 is 9.52 Å². The van der Waals surface area contributed by atoms with Crippen LogP contribution < -0.4 is 0 Å². The molecule has 3 unspecified atom stereocenters. The highest BCUT2D eigenvalue weighted by atomic mass is 16.4. The molecule has 1 aromatic heterocycles. The topological polar surface area (TPSA) is 33.4 Å². The van der Waals surface area contributed by atoms with E-state index in [1.54, 1.807) is 0 Å². The Morgan fingerprint density at radius 1 is 1.24 bits per heavy atom. The van der Waals surface area contributed by atoms with E-state index in [1.165, 1.54) is 6.42 Å². The molecule has 2 aromatic rings.